The smallest absolute Gasteiger partial charge is 0.334 e. The Bertz CT molecular complexity index is 519. The van der Waals surface area contributed by atoms with E-state index in [0.29, 0.717) is 6.54 Å². The molecule has 0 saturated carbocycles. The Kier molecular flexibility index (Phi) is 5.13. The Labute approximate surface area is 126 Å². The lowest BCUT2D eigenvalue weighted by atomic mass is 10.3. The van der Waals surface area contributed by atoms with Crippen LogP contribution in [0.3, 0.4) is 0 Å². The number of carboxylic acids is 1. The zero-order chi connectivity index (χ0) is 15.4. The van der Waals surface area contributed by atoms with Gasteiger partial charge in [0, 0.05) is 17.6 Å². The number of aliphatic carboxylic acids is 1. The number of carbonyl (C=O) groups is 2. The van der Waals surface area contributed by atoms with Gasteiger partial charge in [-0.3, -0.25) is 0 Å². The summed E-state index contributed by atoms with van der Waals surface area (Å²) in [5, 5.41) is 12.6. The van der Waals surface area contributed by atoms with Gasteiger partial charge in [-0.1, -0.05) is 6.92 Å². The Morgan fingerprint density at radius 2 is 2.43 bits per heavy atom. The molecule has 21 heavy (non-hydrogen) atoms. The van der Waals surface area contributed by atoms with E-state index in [9.17, 15) is 9.59 Å². The molecule has 1 saturated heterocycles. The molecule has 2 N–H and O–H groups in total. The first-order valence-corrected chi connectivity index (χ1v) is 7.67. The van der Waals surface area contributed by atoms with Gasteiger partial charge in [-0.25, -0.2) is 14.6 Å². The highest BCUT2D eigenvalue weighted by Gasteiger charge is 2.29. The zero-order valence-corrected chi connectivity index (χ0v) is 12.9. The third kappa shape index (κ3) is 3.92. The number of aryl methyl sites for hydroxylation is 1. The summed E-state index contributed by atoms with van der Waals surface area (Å²) in [6, 6.07) is -0.487. The second kappa shape index (κ2) is 6.86. The van der Waals surface area contributed by atoms with E-state index >= 15 is 0 Å². The van der Waals surface area contributed by atoms with E-state index in [1.165, 1.54) is 9.78 Å². The second-order valence-corrected chi connectivity index (χ2v) is 5.98. The fraction of sp³-hybridized carbons (Fsp3) is 0.615. The number of ether oxygens (including phenoxy) is 1. The molecule has 0 spiro atoms. The van der Waals surface area contributed by atoms with Crippen LogP contribution in [0.2, 0.25) is 0 Å². The average Bonchev–Trinajstić information content (AvgIpc) is 2.96. The first-order chi connectivity index (χ1) is 10.0. The van der Waals surface area contributed by atoms with Crippen LogP contribution in [0.4, 0.5) is 4.79 Å². The number of rotatable bonds is 4. The Morgan fingerprint density at radius 3 is 3.05 bits per heavy atom. The Morgan fingerprint density at radius 1 is 1.67 bits per heavy atom. The highest BCUT2D eigenvalue weighted by Crippen LogP contribution is 2.20. The second-order valence-electron chi connectivity index (χ2n) is 4.83. The summed E-state index contributed by atoms with van der Waals surface area (Å²) in [5.74, 6) is -1.05. The molecule has 2 amide bonds. The van der Waals surface area contributed by atoms with Crippen molar-refractivity contribution in [2.75, 3.05) is 19.7 Å². The van der Waals surface area contributed by atoms with E-state index in [-0.39, 0.29) is 25.2 Å². The van der Waals surface area contributed by atoms with Gasteiger partial charge in [-0.15, -0.1) is 11.3 Å². The number of hydrogen-bond donors (Lipinski definition) is 2. The average molecular weight is 313 g/mol. The molecule has 116 valence electrons. The molecule has 8 heteroatoms. The van der Waals surface area contributed by atoms with Gasteiger partial charge >= 0.3 is 12.0 Å². The van der Waals surface area contributed by atoms with Crippen LogP contribution in [0, 0.1) is 0 Å². The number of thiazole rings is 1. The van der Waals surface area contributed by atoms with Gasteiger partial charge in [0.25, 0.3) is 0 Å². The summed E-state index contributed by atoms with van der Waals surface area (Å²) in [6.07, 6.45) is 1.78. The van der Waals surface area contributed by atoms with Crippen molar-refractivity contribution in [3.8, 4) is 0 Å². The van der Waals surface area contributed by atoms with Crippen molar-refractivity contribution in [2.24, 2.45) is 0 Å². The van der Waals surface area contributed by atoms with E-state index < -0.39 is 12.1 Å². The van der Waals surface area contributed by atoms with E-state index in [2.05, 4.69) is 17.2 Å². The van der Waals surface area contributed by atoms with Crippen LogP contribution in [0.25, 0.3) is 0 Å². The maximum atomic E-state index is 12.2. The molecule has 0 aromatic carbocycles. The Hall–Kier alpha value is -1.67. The van der Waals surface area contributed by atoms with Crippen molar-refractivity contribution in [1.29, 1.82) is 0 Å². The number of urea groups is 1. The van der Waals surface area contributed by atoms with Gasteiger partial charge in [-0.05, 0) is 13.3 Å². The normalized spacial score (nSPS) is 20.1. The molecule has 2 unspecified atom stereocenters. The standard InChI is InChI=1S/C13H19N3O4S/c1-3-9-6-14-11(21-9)8(2)15-13(19)16-4-5-20-10(7-16)12(17)18/h6,8,10H,3-5,7H2,1-2H3,(H,15,19)(H,17,18). The molecule has 7 nitrogen and oxygen atoms in total. The van der Waals surface area contributed by atoms with Crippen LogP contribution in [-0.2, 0) is 16.0 Å². The minimum Gasteiger partial charge on any atom is -0.479 e. The third-order valence-corrected chi connectivity index (χ3v) is 4.58. The van der Waals surface area contributed by atoms with Crippen LogP contribution < -0.4 is 5.32 Å². The van der Waals surface area contributed by atoms with Gasteiger partial charge in [0.15, 0.2) is 6.10 Å². The quantitative estimate of drug-likeness (QED) is 0.873. The molecule has 1 aromatic rings. The molecule has 0 bridgehead atoms. The maximum Gasteiger partial charge on any atom is 0.334 e. The largest absolute Gasteiger partial charge is 0.479 e. The summed E-state index contributed by atoms with van der Waals surface area (Å²) in [4.78, 5) is 30.0. The lowest BCUT2D eigenvalue weighted by molar-refractivity contribution is -0.154. The molecule has 2 rings (SSSR count). The van der Waals surface area contributed by atoms with Crippen molar-refractivity contribution >= 4 is 23.3 Å². The number of nitrogens with zero attached hydrogens (tertiary/aromatic N) is 2. The number of carboxylic acid groups (broad SMARTS) is 1. The van der Waals surface area contributed by atoms with Gasteiger partial charge < -0.3 is 20.1 Å². The topological polar surface area (TPSA) is 91.8 Å². The first kappa shape index (κ1) is 15.7. The van der Waals surface area contributed by atoms with Crippen LogP contribution in [0.15, 0.2) is 6.20 Å². The highest BCUT2D eigenvalue weighted by atomic mass is 32.1. The molecule has 0 radical (unpaired) electrons. The molecular weight excluding hydrogens is 294 g/mol. The van der Waals surface area contributed by atoms with E-state index in [4.69, 9.17) is 9.84 Å². The number of carbonyl (C=O) groups excluding carboxylic acids is 1. The van der Waals surface area contributed by atoms with Crippen LogP contribution >= 0.6 is 11.3 Å². The van der Waals surface area contributed by atoms with E-state index in [1.54, 1.807) is 11.3 Å². The van der Waals surface area contributed by atoms with Crippen molar-refractivity contribution in [1.82, 2.24) is 15.2 Å². The maximum absolute atomic E-state index is 12.2. The Balaban J connectivity index is 1.92. The predicted octanol–water partition coefficient (Wildman–Crippen LogP) is 1.26. The number of morpholine rings is 1. The summed E-state index contributed by atoms with van der Waals surface area (Å²) in [6.45, 7) is 4.61. The van der Waals surface area contributed by atoms with E-state index in [0.717, 1.165) is 11.4 Å². The van der Waals surface area contributed by atoms with Gasteiger partial charge in [-0.2, -0.15) is 0 Å². The summed E-state index contributed by atoms with van der Waals surface area (Å²) >= 11 is 1.57. The van der Waals surface area contributed by atoms with Gasteiger partial charge in [0.1, 0.15) is 5.01 Å². The molecule has 1 fully saturated rings. The fourth-order valence-corrected chi connectivity index (χ4v) is 2.87. The molecule has 2 heterocycles. The molecule has 0 aliphatic carbocycles. The van der Waals surface area contributed by atoms with Gasteiger partial charge in [0.05, 0.1) is 19.2 Å². The molecule has 1 aliphatic rings. The number of amides is 2. The number of aromatic nitrogens is 1. The third-order valence-electron chi connectivity index (χ3n) is 3.26. The van der Waals surface area contributed by atoms with Crippen molar-refractivity contribution in [3.63, 3.8) is 0 Å². The van der Waals surface area contributed by atoms with Gasteiger partial charge in [0.2, 0.25) is 0 Å². The minimum absolute atomic E-state index is 0.0615. The van der Waals surface area contributed by atoms with Crippen LogP contribution in [0.1, 0.15) is 29.8 Å². The van der Waals surface area contributed by atoms with Crippen LogP contribution in [0.5, 0.6) is 0 Å². The zero-order valence-electron chi connectivity index (χ0n) is 12.0. The molecular formula is C13H19N3O4S. The lowest BCUT2D eigenvalue weighted by Crippen LogP contribution is -2.52. The molecule has 1 aliphatic heterocycles. The minimum atomic E-state index is -1.05. The first-order valence-electron chi connectivity index (χ1n) is 6.85. The lowest BCUT2D eigenvalue weighted by Gasteiger charge is -2.31. The summed E-state index contributed by atoms with van der Waals surface area (Å²) in [7, 11) is 0. The number of hydrogen-bond acceptors (Lipinski definition) is 5. The SMILES string of the molecule is CCc1cnc(C(C)NC(=O)N2CCOC(C(=O)O)C2)s1. The molecule has 2 atom stereocenters. The summed E-state index contributed by atoms with van der Waals surface area (Å²) in [5.41, 5.74) is 0. The van der Waals surface area contributed by atoms with E-state index in [1.807, 2.05) is 13.1 Å². The monoisotopic (exact) mass is 313 g/mol. The molecule has 1 aromatic heterocycles. The number of nitrogens with one attached hydrogen (secondary N) is 1. The highest BCUT2D eigenvalue weighted by molar-refractivity contribution is 7.11. The van der Waals surface area contributed by atoms with Crippen molar-refractivity contribution < 1.29 is 19.4 Å². The fourth-order valence-electron chi connectivity index (χ4n) is 2.01. The van der Waals surface area contributed by atoms with Crippen molar-refractivity contribution in [3.05, 3.63) is 16.1 Å². The van der Waals surface area contributed by atoms with Crippen LogP contribution in [-0.4, -0.2) is 52.8 Å². The summed E-state index contributed by atoms with van der Waals surface area (Å²) < 4.78 is 5.10. The predicted molar refractivity (Wildman–Crippen MR) is 77.4 cm³/mol. The van der Waals surface area contributed by atoms with Crippen molar-refractivity contribution in [2.45, 2.75) is 32.4 Å².